The van der Waals surface area contributed by atoms with Crippen molar-refractivity contribution >= 4 is 45.5 Å². The predicted octanol–water partition coefficient (Wildman–Crippen LogP) is 21.9. The Bertz CT molecular complexity index is 2870. The van der Waals surface area contributed by atoms with Crippen LogP contribution in [0.15, 0.2) is 170 Å². The SMILES string of the molecule is CCCCC[C@H]1c2cc(c(OC)cc2Nc2ccccc2)[C@@H](CCCCC)c2cc(c(OC)cc2Nc2ccccc2)[C@@H](CCCCC)c2cc(c(OC)cc2Nc2ccccc2)[C@@H](CCCCC)c2cc1c(OC)cc2Nc1ccccc1. The van der Waals surface area contributed by atoms with Crippen LogP contribution in [0.1, 0.15) is 199 Å². The number of rotatable bonds is 28. The Labute approximate surface area is 503 Å². The summed E-state index contributed by atoms with van der Waals surface area (Å²) in [5.74, 6) is 3.09. The Hall–Kier alpha value is -7.84. The summed E-state index contributed by atoms with van der Waals surface area (Å²) in [4.78, 5) is 0. The lowest BCUT2D eigenvalue weighted by molar-refractivity contribution is 0.402. The first-order valence-electron chi connectivity index (χ1n) is 31.5. The summed E-state index contributed by atoms with van der Waals surface area (Å²) in [5, 5.41) is 15.9. The van der Waals surface area contributed by atoms with Gasteiger partial charge in [0, 0.05) is 116 Å². The average Bonchev–Trinajstić information content (AvgIpc) is 3.67. The van der Waals surface area contributed by atoms with Crippen molar-refractivity contribution in [3.05, 3.63) is 214 Å². The summed E-state index contributed by atoms with van der Waals surface area (Å²) in [6.45, 7) is 9.22. The molecule has 4 atom stereocenters. The van der Waals surface area contributed by atoms with Crippen LogP contribution >= 0.6 is 0 Å². The van der Waals surface area contributed by atoms with Crippen LogP contribution in [0.4, 0.5) is 45.5 Å². The van der Waals surface area contributed by atoms with Gasteiger partial charge < -0.3 is 40.2 Å². The van der Waals surface area contributed by atoms with Crippen molar-refractivity contribution in [3.63, 3.8) is 0 Å². The second kappa shape index (κ2) is 30.6. The molecular formula is C76H92N4O4. The molecular weight excluding hydrogens is 1030 g/mol. The third kappa shape index (κ3) is 14.7. The molecule has 1 aliphatic rings. The molecule has 0 amide bonds. The summed E-state index contributed by atoms with van der Waals surface area (Å²) in [6, 6.07) is 61.7. The van der Waals surface area contributed by atoms with E-state index in [1.54, 1.807) is 0 Å². The van der Waals surface area contributed by atoms with Gasteiger partial charge in [-0.25, -0.2) is 0 Å². The van der Waals surface area contributed by atoms with Crippen LogP contribution in [0.3, 0.4) is 0 Å². The fourth-order valence-electron chi connectivity index (χ4n) is 12.9. The maximum absolute atomic E-state index is 6.75. The summed E-state index contributed by atoms with van der Waals surface area (Å²) in [5.41, 5.74) is 17.7. The van der Waals surface area contributed by atoms with Gasteiger partial charge in [-0.05, 0) is 121 Å². The quantitative estimate of drug-likeness (QED) is 0.0361. The minimum absolute atomic E-state index is 0.0847. The molecule has 1 aliphatic carbocycles. The van der Waals surface area contributed by atoms with Gasteiger partial charge in [-0.15, -0.1) is 0 Å². The lowest BCUT2D eigenvalue weighted by atomic mass is 9.75. The van der Waals surface area contributed by atoms with Gasteiger partial charge in [-0.3, -0.25) is 0 Å². The number of nitrogens with one attached hydrogen (secondary N) is 4. The van der Waals surface area contributed by atoms with Gasteiger partial charge in [0.2, 0.25) is 0 Å². The number of fused-ring (bicyclic) bond motifs is 8. The van der Waals surface area contributed by atoms with Gasteiger partial charge in [0.15, 0.2) is 0 Å². The molecule has 8 aromatic carbocycles. The number of anilines is 8. The molecule has 8 heteroatoms. The summed E-state index contributed by atoms with van der Waals surface area (Å²) < 4.78 is 27.0. The average molecular weight is 1130 g/mol. The van der Waals surface area contributed by atoms with Crippen LogP contribution in [0, 0.1) is 0 Å². The lowest BCUT2D eigenvalue weighted by Gasteiger charge is -2.33. The molecule has 0 fully saturated rings. The van der Waals surface area contributed by atoms with E-state index < -0.39 is 0 Å². The Kier molecular flexibility index (Phi) is 22.2. The number of benzene rings is 8. The van der Waals surface area contributed by atoms with Crippen LogP contribution in [-0.2, 0) is 0 Å². The van der Waals surface area contributed by atoms with E-state index in [1.807, 2.05) is 28.4 Å². The normalized spacial score (nSPS) is 15.4. The number of para-hydroxylation sites is 4. The van der Waals surface area contributed by atoms with Crippen LogP contribution in [0.25, 0.3) is 0 Å². The molecule has 0 heterocycles. The zero-order valence-corrected chi connectivity index (χ0v) is 51.4. The molecule has 84 heavy (non-hydrogen) atoms. The molecule has 0 unspecified atom stereocenters. The predicted molar refractivity (Wildman–Crippen MR) is 355 cm³/mol. The van der Waals surface area contributed by atoms with E-state index in [9.17, 15) is 0 Å². The van der Waals surface area contributed by atoms with E-state index in [0.717, 1.165) is 171 Å². The molecule has 8 aromatic rings. The van der Waals surface area contributed by atoms with Gasteiger partial charge in [-0.2, -0.15) is 0 Å². The molecule has 0 aliphatic heterocycles. The molecule has 0 spiro atoms. The first-order chi connectivity index (χ1) is 41.3. The molecule has 0 radical (unpaired) electrons. The van der Waals surface area contributed by atoms with Crippen molar-refractivity contribution < 1.29 is 18.9 Å². The zero-order chi connectivity index (χ0) is 58.6. The van der Waals surface area contributed by atoms with Gasteiger partial charge in [0.25, 0.3) is 0 Å². The summed E-state index contributed by atoms with van der Waals surface area (Å²) in [7, 11) is 7.39. The number of hydrogen-bond acceptors (Lipinski definition) is 8. The standard InChI is InChI=1S/C76H92N4O4/c1-9-13-21-41-57-61-45-66(74(82-6)49-69(61)77-53-33-25-17-26-34-53)59(43-23-15-11-3)63-47-68(76(84-8)51-71(63)79-55-37-29-19-30-38-55)60(44-24-16-12-4)64-48-67(75(83-7)52-72(64)80-56-39-31-20-32-40-56)58(42-22-14-10-2)62-46-65(57)73(81-5)50-70(62)78-54-35-27-18-28-36-54/h17-20,25-40,45-52,57-60,77-80H,9-16,21-24,41-44H2,1-8H3/t57-,58-,59-,60-/m0/s1. The van der Waals surface area contributed by atoms with Crippen LogP contribution in [-0.4, -0.2) is 28.4 Å². The highest BCUT2D eigenvalue weighted by Crippen LogP contribution is 2.53. The lowest BCUT2D eigenvalue weighted by Crippen LogP contribution is -2.16. The highest BCUT2D eigenvalue weighted by molar-refractivity contribution is 5.77. The Morgan fingerprint density at radius 2 is 0.464 bits per heavy atom. The monoisotopic (exact) mass is 1120 g/mol. The van der Waals surface area contributed by atoms with Crippen molar-refractivity contribution in [2.24, 2.45) is 0 Å². The van der Waals surface area contributed by atoms with Crippen LogP contribution < -0.4 is 40.2 Å². The minimum atomic E-state index is -0.0847. The number of methoxy groups -OCH3 is 4. The molecule has 8 bridgehead atoms. The van der Waals surface area contributed by atoms with E-state index in [0.29, 0.717) is 0 Å². The molecule has 0 saturated heterocycles. The molecule has 440 valence electrons. The van der Waals surface area contributed by atoms with Crippen molar-refractivity contribution in [2.75, 3.05) is 49.7 Å². The van der Waals surface area contributed by atoms with E-state index in [2.05, 4.69) is 219 Å². The van der Waals surface area contributed by atoms with Crippen molar-refractivity contribution in [3.8, 4) is 23.0 Å². The fraction of sp³-hybridized carbons (Fsp3) is 0.368. The Balaban J connectivity index is 1.48. The maximum Gasteiger partial charge on any atom is 0.124 e. The second-order valence-corrected chi connectivity index (χ2v) is 22.9. The smallest absolute Gasteiger partial charge is 0.124 e. The topological polar surface area (TPSA) is 85.0 Å². The third-order valence-corrected chi connectivity index (χ3v) is 17.2. The van der Waals surface area contributed by atoms with Gasteiger partial charge >= 0.3 is 0 Å². The maximum atomic E-state index is 6.75. The van der Waals surface area contributed by atoms with E-state index in [4.69, 9.17) is 18.9 Å². The summed E-state index contributed by atoms with van der Waals surface area (Å²) >= 11 is 0. The first-order valence-corrected chi connectivity index (χ1v) is 31.5. The minimum Gasteiger partial charge on any atom is -0.496 e. The molecule has 8 nitrogen and oxygen atoms in total. The van der Waals surface area contributed by atoms with Crippen molar-refractivity contribution in [1.29, 1.82) is 0 Å². The highest BCUT2D eigenvalue weighted by atomic mass is 16.5. The van der Waals surface area contributed by atoms with E-state index in [-0.39, 0.29) is 23.7 Å². The summed E-state index contributed by atoms with van der Waals surface area (Å²) in [6.07, 6.45) is 16.6. The largest absolute Gasteiger partial charge is 0.496 e. The Morgan fingerprint density at radius 1 is 0.262 bits per heavy atom. The Morgan fingerprint density at radius 3 is 0.643 bits per heavy atom. The molecule has 9 rings (SSSR count). The highest BCUT2D eigenvalue weighted by Gasteiger charge is 2.34. The third-order valence-electron chi connectivity index (χ3n) is 17.2. The van der Waals surface area contributed by atoms with E-state index >= 15 is 0 Å². The van der Waals surface area contributed by atoms with Crippen LogP contribution in [0.5, 0.6) is 23.0 Å². The van der Waals surface area contributed by atoms with Gasteiger partial charge in [0.1, 0.15) is 23.0 Å². The van der Waals surface area contributed by atoms with Crippen molar-refractivity contribution in [2.45, 2.75) is 154 Å². The fourth-order valence-corrected chi connectivity index (χ4v) is 12.9. The van der Waals surface area contributed by atoms with Crippen LogP contribution in [0.2, 0.25) is 0 Å². The second-order valence-electron chi connectivity index (χ2n) is 22.9. The molecule has 0 aromatic heterocycles. The zero-order valence-electron chi connectivity index (χ0n) is 51.4. The molecule has 4 N–H and O–H groups in total. The van der Waals surface area contributed by atoms with Crippen molar-refractivity contribution in [1.82, 2.24) is 0 Å². The van der Waals surface area contributed by atoms with Gasteiger partial charge in [0.05, 0.1) is 28.4 Å². The molecule has 0 saturated carbocycles. The number of unbranched alkanes of at least 4 members (excludes halogenated alkanes) is 8. The number of ether oxygens (including phenoxy) is 4. The number of hydrogen-bond donors (Lipinski definition) is 4. The van der Waals surface area contributed by atoms with E-state index in [1.165, 1.54) is 44.5 Å². The first kappa shape index (κ1) is 60.7. The van der Waals surface area contributed by atoms with Gasteiger partial charge in [-0.1, -0.05) is 178 Å².